The molecule has 0 fully saturated rings. The van der Waals surface area contributed by atoms with Gasteiger partial charge in [-0.3, -0.25) is 9.59 Å². The highest BCUT2D eigenvalue weighted by atomic mass is 35.5. The van der Waals surface area contributed by atoms with E-state index in [0.29, 0.717) is 16.0 Å². The second-order valence-corrected chi connectivity index (χ2v) is 8.64. The van der Waals surface area contributed by atoms with Gasteiger partial charge in [-0.15, -0.1) is 0 Å². The van der Waals surface area contributed by atoms with Crippen molar-refractivity contribution in [3.63, 3.8) is 0 Å². The van der Waals surface area contributed by atoms with Gasteiger partial charge in [-0.1, -0.05) is 23.7 Å². The van der Waals surface area contributed by atoms with Crippen molar-refractivity contribution in [2.75, 3.05) is 11.1 Å². The number of sulfone groups is 1. The molecule has 0 aliphatic heterocycles. The number of rotatable bonds is 7. The zero-order valence-electron chi connectivity index (χ0n) is 14.6. The van der Waals surface area contributed by atoms with Crippen LogP contribution < -0.4 is 11.1 Å². The summed E-state index contributed by atoms with van der Waals surface area (Å²) in [6.45, 7) is 0. The monoisotopic (exact) mass is 420 g/mol. The van der Waals surface area contributed by atoms with Crippen molar-refractivity contribution in [3.8, 4) is 0 Å². The molecule has 1 aromatic heterocycles. The van der Waals surface area contributed by atoms with Gasteiger partial charge in [-0.25, -0.2) is 8.42 Å². The number of hydrogen-bond donors (Lipinski definition) is 2. The Morgan fingerprint density at radius 3 is 2.43 bits per heavy atom. The average Bonchev–Trinajstić information content (AvgIpc) is 3.01. The van der Waals surface area contributed by atoms with Gasteiger partial charge in [0, 0.05) is 16.8 Å². The molecule has 9 heteroatoms. The lowest BCUT2D eigenvalue weighted by atomic mass is 10.2. The Bertz CT molecular complexity index is 1140. The van der Waals surface area contributed by atoms with Crippen LogP contribution in [-0.2, 0) is 14.6 Å². The topological polar surface area (TPSA) is 119 Å². The van der Waals surface area contributed by atoms with Crippen molar-refractivity contribution in [1.82, 2.24) is 0 Å². The number of benzene rings is 2. The number of carbonyl (C=O) groups excluding carboxylic acids is 2. The van der Waals surface area contributed by atoms with Gasteiger partial charge < -0.3 is 15.5 Å². The highest BCUT2D eigenvalue weighted by Gasteiger charge is 2.21. The van der Waals surface area contributed by atoms with Gasteiger partial charge in [0.2, 0.25) is 11.7 Å². The highest BCUT2D eigenvalue weighted by molar-refractivity contribution is 7.91. The van der Waals surface area contributed by atoms with Gasteiger partial charge in [0.15, 0.2) is 9.84 Å². The van der Waals surface area contributed by atoms with E-state index in [9.17, 15) is 18.0 Å². The van der Waals surface area contributed by atoms with E-state index in [1.165, 1.54) is 24.3 Å². The first-order valence-electron chi connectivity index (χ1n) is 8.37. The molecule has 0 spiro atoms. The number of nitrogens with two attached hydrogens (primary N) is 1. The smallest absolute Gasteiger partial charge is 0.286 e. The Kier molecular flexibility index (Phi) is 5.71. The van der Waals surface area contributed by atoms with E-state index < -0.39 is 21.7 Å². The first kappa shape index (κ1) is 19.9. The maximum Gasteiger partial charge on any atom is 0.286 e. The number of hydrogen-bond acceptors (Lipinski definition) is 5. The zero-order valence-corrected chi connectivity index (χ0v) is 16.2. The van der Waals surface area contributed by atoms with E-state index in [0.717, 1.165) is 0 Å². The van der Waals surface area contributed by atoms with Crippen LogP contribution in [0.2, 0.25) is 5.02 Å². The summed E-state index contributed by atoms with van der Waals surface area (Å²) in [6, 6.07) is 12.6. The highest BCUT2D eigenvalue weighted by Crippen LogP contribution is 2.30. The molecule has 0 saturated carbocycles. The quantitative estimate of drug-likeness (QED) is 0.607. The number of halogens is 1. The number of furan rings is 1. The molecule has 1 heterocycles. The number of fused-ring (bicyclic) bond motifs is 1. The fraction of sp³-hybridized carbons (Fsp3) is 0.158. The minimum Gasteiger partial charge on any atom is -0.449 e. The van der Waals surface area contributed by atoms with E-state index >= 15 is 0 Å². The molecule has 0 unspecified atom stereocenters. The molecule has 3 rings (SSSR count). The van der Waals surface area contributed by atoms with Crippen LogP contribution in [0.4, 0.5) is 5.69 Å². The molecule has 0 radical (unpaired) electrons. The van der Waals surface area contributed by atoms with Crippen LogP contribution in [0.25, 0.3) is 11.0 Å². The van der Waals surface area contributed by atoms with E-state index in [4.69, 9.17) is 21.8 Å². The molecule has 0 atom stereocenters. The fourth-order valence-electron chi connectivity index (χ4n) is 2.73. The number of anilines is 1. The van der Waals surface area contributed by atoms with Crippen molar-refractivity contribution in [2.45, 2.75) is 17.7 Å². The molecular weight excluding hydrogens is 404 g/mol. The van der Waals surface area contributed by atoms with Crippen LogP contribution in [0.3, 0.4) is 0 Å². The first-order chi connectivity index (χ1) is 13.3. The molecular formula is C19H17ClN2O5S. The lowest BCUT2D eigenvalue weighted by Gasteiger charge is -2.06. The third kappa shape index (κ3) is 4.35. The molecule has 2 amide bonds. The van der Waals surface area contributed by atoms with Crippen molar-refractivity contribution in [3.05, 3.63) is 59.3 Å². The summed E-state index contributed by atoms with van der Waals surface area (Å²) >= 11 is 5.76. The Labute approximate surface area is 166 Å². The van der Waals surface area contributed by atoms with Crippen LogP contribution in [0.15, 0.2) is 57.8 Å². The molecule has 7 nitrogen and oxygen atoms in total. The largest absolute Gasteiger partial charge is 0.449 e. The predicted octanol–water partition coefficient (Wildman–Crippen LogP) is 3.38. The maximum atomic E-state index is 12.3. The molecule has 146 valence electrons. The van der Waals surface area contributed by atoms with Crippen LogP contribution >= 0.6 is 11.6 Å². The summed E-state index contributed by atoms with van der Waals surface area (Å²) in [4.78, 5) is 24.0. The van der Waals surface area contributed by atoms with E-state index in [1.807, 2.05) is 0 Å². The second-order valence-electron chi connectivity index (χ2n) is 6.09. The van der Waals surface area contributed by atoms with Gasteiger partial charge in [0.1, 0.15) is 11.3 Å². The fourth-order valence-corrected chi connectivity index (χ4v) is 4.16. The summed E-state index contributed by atoms with van der Waals surface area (Å²) in [6.07, 6.45) is 0.0585. The van der Waals surface area contributed by atoms with E-state index in [-0.39, 0.29) is 34.9 Å². The Balaban J connectivity index is 1.67. The van der Waals surface area contributed by atoms with Crippen molar-refractivity contribution >= 4 is 49.9 Å². The third-order valence-corrected chi connectivity index (χ3v) is 6.14. The summed E-state index contributed by atoms with van der Waals surface area (Å²) in [5, 5.41) is 3.58. The van der Waals surface area contributed by atoms with Gasteiger partial charge >= 0.3 is 0 Å². The Morgan fingerprint density at radius 1 is 1.07 bits per heavy atom. The molecule has 0 aliphatic rings. The van der Waals surface area contributed by atoms with Crippen LogP contribution in [0.5, 0.6) is 0 Å². The molecule has 3 aromatic rings. The van der Waals surface area contributed by atoms with Gasteiger partial charge in [-0.05, 0) is 42.8 Å². The molecule has 0 aliphatic carbocycles. The van der Waals surface area contributed by atoms with E-state index in [2.05, 4.69) is 5.32 Å². The summed E-state index contributed by atoms with van der Waals surface area (Å²) in [5.41, 5.74) is 5.92. The number of para-hydroxylation sites is 1. The van der Waals surface area contributed by atoms with Gasteiger partial charge in [0.05, 0.1) is 10.6 Å². The van der Waals surface area contributed by atoms with Crippen molar-refractivity contribution in [2.24, 2.45) is 5.73 Å². The lowest BCUT2D eigenvalue weighted by molar-refractivity contribution is -0.116. The van der Waals surface area contributed by atoms with Gasteiger partial charge in [-0.2, -0.15) is 0 Å². The van der Waals surface area contributed by atoms with Crippen LogP contribution in [0, 0.1) is 0 Å². The minimum absolute atomic E-state index is 0.0511. The molecule has 2 aromatic carbocycles. The molecule has 28 heavy (non-hydrogen) atoms. The summed E-state index contributed by atoms with van der Waals surface area (Å²) in [5.74, 6) is -1.60. The SMILES string of the molecule is NC(=O)c1oc2ccccc2c1NC(=O)CCCS(=O)(=O)c1ccc(Cl)cc1. The van der Waals surface area contributed by atoms with Crippen LogP contribution in [-0.4, -0.2) is 26.0 Å². The predicted molar refractivity (Wildman–Crippen MR) is 106 cm³/mol. The zero-order chi connectivity index (χ0) is 20.3. The standard InChI is InChI=1S/C19H17ClN2O5S/c20-12-7-9-13(10-8-12)28(25,26)11-3-6-16(23)22-17-14-4-1-2-5-15(14)27-18(17)19(21)24/h1-2,4-5,7-10H,3,6,11H2,(H2,21,24)(H,22,23). The minimum atomic E-state index is -3.52. The average molecular weight is 421 g/mol. The van der Waals surface area contributed by atoms with Crippen LogP contribution in [0.1, 0.15) is 23.4 Å². The number of amides is 2. The van der Waals surface area contributed by atoms with E-state index in [1.54, 1.807) is 24.3 Å². The maximum absolute atomic E-state index is 12.3. The third-order valence-electron chi connectivity index (χ3n) is 4.07. The normalized spacial score (nSPS) is 11.5. The molecule has 0 bridgehead atoms. The summed E-state index contributed by atoms with van der Waals surface area (Å²) in [7, 11) is -3.52. The number of nitrogens with one attached hydrogen (secondary N) is 1. The van der Waals surface area contributed by atoms with Crippen molar-refractivity contribution < 1.29 is 22.4 Å². The number of carbonyl (C=O) groups is 2. The summed E-state index contributed by atoms with van der Waals surface area (Å²) < 4.78 is 30.0. The second kappa shape index (κ2) is 8.04. The van der Waals surface area contributed by atoms with Crippen molar-refractivity contribution in [1.29, 1.82) is 0 Å². The Morgan fingerprint density at radius 2 is 1.75 bits per heavy atom. The lowest BCUT2D eigenvalue weighted by Crippen LogP contribution is -2.17. The first-order valence-corrected chi connectivity index (χ1v) is 10.4. The molecule has 3 N–H and O–H groups in total. The van der Waals surface area contributed by atoms with Gasteiger partial charge in [0.25, 0.3) is 5.91 Å². The Hall–Kier alpha value is -2.84. The molecule has 0 saturated heterocycles. The number of primary amides is 1.